The maximum atomic E-state index is 11.8. The molecule has 1 aromatic rings. The highest BCUT2D eigenvalue weighted by atomic mass is 16.2. The Morgan fingerprint density at radius 2 is 2.22 bits per heavy atom. The zero-order chi connectivity index (χ0) is 13.0. The molecule has 98 valence electrons. The average Bonchev–Trinajstić information content (AvgIpc) is 2.69. The van der Waals surface area contributed by atoms with Crippen molar-refractivity contribution in [2.45, 2.75) is 25.8 Å². The molecule has 1 saturated heterocycles. The van der Waals surface area contributed by atoms with Crippen LogP contribution >= 0.6 is 0 Å². The summed E-state index contributed by atoms with van der Waals surface area (Å²) in [5.74, 6) is 0.155. The average molecular weight is 248 g/mol. The van der Waals surface area contributed by atoms with Gasteiger partial charge in [0.2, 0.25) is 5.91 Å². The number of hydrogen-bond acceptors (Lipinski definition) is 4. The first-order valence-corrected chi connectivity index (χ1v) is 6.41. The fraction of sp³-hybridized carbons (Fsp3) is 0.538. The monoisotopic (exact) mass is 248 g/mol. The Kier molecular flexibility index (Phi) is 4.02. The molecule has 0 aromatic carbocycles. The first-order chi connectivity index (χ1) is 8.70. The van der Waals surface area contributed by atoms with Crippen LogP contribution in [0.1, 0.15) is 19.8 Å². The van der Waals surface area contributed by atoms with E-state index in [9.17, 15) is 4.79 Å². The molecule has 1 atom stereocenters. The molecular weight excluding hydrogens is 228 g/mol. The minimum atomic E-state index is -0.113. The predicted molar refractivity (Wildman–Crippen MR) is 72.7 cm³/mol. The van der Waals surface area contributed by atoms with Gasteiger partial charge in [-0.25, -0.2) is 0 Å². The predicted octanol–water partition coefficient (Wildman–Crippen LogP) is 1.55. The van der Waals surface area contributed by atoms with E-state index in [2.05, 4.69) is 22.5 Å². The summed E-state index contributed by atoms with van der Waals surface area (Å²) >= 11 is 0. The Morgan fingerprint density at radius 3 is 2.89 bits per heavy atom. The summed E-state index contributed by atoms with van der Waals surface area (Å²) in [6.45, 7) is 3.86. The molecular formula is C13H20N4O. The quantitative estimate of drug-likeness (QED) is 0.830. The first kappa shape index (κ1) is 12.7. The van der Waals surface area contributed by atoms with Crippen molar-refractivity contribution in [1.82, 2.24) is 9.88 Å². The minimum absolute atomic E-state index is 0.113. The van der Waals surface area contributed by atoms with Gasteiger partial charge in [0.15, 0.2) is 0 Å². The molecule has 0 bridgehead atoms. The van der Waals surface area contributed by atoms with E-state index in [1.807, 2.05) is 13.1 Å². The number of pyridine rings is 1. The third-order valence-corrected chi connectivity index (χ3v) is 3.09. The molecule has 1 aliphatic heterocycles. The van der Waals surface area contributed by atoms with E-state index < -0.39 is 0 Å². The second kappa shape index (κ2) is 5.71. The molecule has 0 aliphatic carbocycles. The van der Waals surface area contributed by atoms with Crippen molar-refractivity contribution >= 4 is 17.3 Å². The molecule has 1 amide bonds. The molecule has 5 heteroatoms. The van der Waals surface area contributed by atoms with Gasteiger partial charge in [-0.2, -0.15) is 0 Å². The Labute approximate surface area is 108 Å². The highest BCUT2D eigenvalue weighted by molar-refractivity contribution is 5.86. The zero-order valence-electron chi connectivity index (χ0n) is 10.9. The number of nitrogens with one attached hydrogen (secondary N) is 2. The van der Waals surface area contributed by atoms with E-state index in [1.165, 1.54) is 0 Å². The fourth-order valence-electron chi connectivity index (χ4n) is 2.04. The number of carbonyl (C=O) groups is 1. The van der Waals surface area contributed by atoms with Gasteiger partial charge in [0.25, 0.3) is 0 Å². The molecule has 1 aromatic heterocycles. The maximum absolute atomic E-state index is 11.8. The minimum Gasteiger partial charge on any atom is -0.384 e. The molecule has 1 unspecified atom stereocenters. The lowest BCUT2D eigenvalue weighted by molar-refractivity contribution is -0.127. The van der Waals surface area contributed by atoms with Gasteiger partial charge in [-0.15, -0.1) is 0 Å². The van der Waals surface area contributed by atoms with Gasteiger partial charge < -0.3 is 15.5 Å². The highest BCUT2D eigenvalue weighted by Gasteiger charge is 2.28. The SMILES string of the molecule is CCCNc1cncc(NC2CCN(C)C2=O)c1. The van der Waals surface area contributed by atoms with Gasteiger partial charge >= 0.3 is 0 Å². The van der Waals surface area contributed by atoms with Crippen LogP contribution in [-0.2, 0) is 4.79 Å². The van der Waals surface area contributed by atoms with E-state index in [-0.39, 0.29) is 11.9 Å². The number of likely N-dealkylation sites (N-methyl/N-ethyl adjacent to an activating group) is 1. The second-order valence-electron chi connectivity index (χ2n) is 4.63. The molecule has 0 radical (unpaired) electrons. The van der Waals surface area contributed by atoms with Crippen molar-refractivity contribution in [3.05, 3.63) is 18.5 Å². The molecule has 1 fully saturated rings. The lowest BCUT2D eigenvalue weighted by atomic mass is 10.2. The van der Waals surface area contributed by atoms with E-state index in [0.29, 0.717) is 0 Å². The maximum Gasteiger partial charge on any atom is 0.244 e. The van der Waals surface area contributed by atoms with Crippen LogP contribution in [0.2, 0.25) is 0 Å². The van der Waals surface area contributed by atoms with Crippen molar-refractivity contribution in [3.8, 4) is 0 Å². The summed E-state index contributed by atoms with van der Waals surface area (Å²) in [6, 6.07) is 1.88. The molecule has 18 heavy (non-hydrogen) atoms. The Morgan fingerprint density at radius 1 is 1.44 bits per heavy atom. The van der Waals surface area contributed by atoms with Crippen molar-refractivity contribution in [2.24, 2.45) is 0 Å². The third-order valence-electron chi connectivity index (χ3n) is 3.09. The molecule has 0 saturated carbocycles. The molecule has 2 N–H and O–H groups in total. The van der Waals surface area contributed by atoms with E-state index in [1.54, 1.807) is 17.3 Å². The van der Waals surface area contributed by atoms with Crippen LogP contribution in [0.4, 0.5) is 11.4 Å². The van der Waals surface area contributed by atoms with Crippen molar-refractivity contribution < 1.29 is 4.79 Å². The van der Waals surface area contributed by atoms with Crippen LogP contribution in [0.5, 0.6) is 0 Å². The molecule has 5 nitrogen and oxygen atoms in total. The van der Waals surface area contributed by atoms with Crippen LogP contribution in [0.25, 0.3) is 0 Å². The number of amides is 1. The van der Waals surface area contributed by atoms with Crippen LogP contribution in [0, 0.1) is 0 Å². The highest BCUT2D eigenvalue weighted by Crippen LogP contribution is 2.18. The zero-order valence-corrected chi connectivity index (χ0v) is 10.9. The lowest BCUT2D eigenvalue weighted by Gasteiger charge is -2.14. The van der Waals surface area contributed by atoms with E-state index in [4.69, 9.17) is 0 Å². The second-order valence-corrected chi connectivity index (χ2v) is 4.63. The Hall–Kier alpha value is -1.78. The van der Waals surface area contributed by atoms with Gasteiger partial charge in [-0.3, -0.25) is 9.78 Å². The normalized spacial score (nSPS) is 19.1. The van der Waals surface area contributed by atoms with Gasteiger partial charge in [0.1, 0.15) is 6.04 Å². The number of carbonyl (C=O) groups excluding carboxylic acids is 1. The summed E-state index contributed by atoms with van der Waals surface area (Å²) < 4.78 is 0. The van der Waals surface area contributed by atoms with Crippen LogP contribution in [0.15, 0.2) is 18.5 Å². The van der Waals surface area contributed by atoms with Gasteiger partial charge in [-0.1, -0.05) is 6.92 Å². The van der Waals surface area contributed by atoms with E-state index in [0.717, 1.165) is 37.3 Å². The molecule has 2 rings (SSSR count). The van der Waals surface area contributed by atoms with E-state index >= 15 is 0 Å². The summed E-state index contributed by atoms with van der Waals surface area (Å²) in [5.41, 5.74) is 1.88. The number of nitrogens with zero attached hydrogens (tertiary/aromatic N) is 2. The van der Waals surface area contributed by atoms with Crippen LogP contribution < -0.4 is 10.6 Å². The third kappa shape index (κ3) is 2.91. The summed E-state index contributed by atoms with van der Waals surface area (Å²) in [5, 5.41) is 6.53. The number of rotatable bonds is 5. The number of aromatic nitrogens is 1. The molecule has 0 spiro atoms. The first-order valence-electron chi connectivity index (χ1n) is 6.41. The lowest BCUT2D eigenvalue weighted by Crippen LogP contribution is -2.30. The van der Waals surface area contributed by atoms with Crippen molar-refractivity contribution in [1.29, 1.82) is 0 Å². The number of likely N-dealkylation sites (tertiary alicyclic amines) is 1. The number of anilines is 2. The molecule has 2 heterocycles. The van der Waals surface area contributed by atoms with Gasteiger partial charge in [0, 0.05) is 20.1 Å². The topological polar surface area (TPSA) is 57.3 Å². The van der Waals surface area contributed by atoms with Crippen LogP contribution in [0.3, 0.4) is 0 Å². The van der Waals surface area contributed by atoms with Gasteiger partial charge in [0.05, 0.1) is 23.8 Å². The largest absolute Gasteiger partial charge is 0.384 e. The smallest absolute Gasteiger partial charge is 0.244 e. The Bertz CT molecular complexity index is 421. The summed E-state index contributed by atoms with van der Waals surface area (Å²) in [7, 11) is 1.83. The van der Waals surface area contributed by atoms with Crippen LogP contribution in [-0.4, -0.2) is 42.0 Å². The number of hydrogen-bond donors (Lipinski definition) is 2. The van der Waals surface area contributed by atoms with Crippen molar-refractivity contribution in [2.75, 3.05) is 30.8 Å². The standard InChI is InChI=1S/C13H20N4O/c1-3-5-15-10-7-11(9-14-8-10)16-12-4-6-17(2)13(12)18/h7-9,12,15-16H,3-6H2,1-2H3. The summed E-state index contributed by atoms with van der Waals surface area (Å²) in [6.07, 6.45) is 5.47. The molecule has 1 aliphatic rings. The van der Waals surface area contributed by atoms with Gasteiger partial charge in [-0.05, 0) is 18.9 Å². The van der Waals surface area contributed by atoms with Crippen molar-refractivity contribution in [3.63, 3.8) is 0 Å². The summed E-state index contributed by atoms with van der Waals surface area (Å²) in [4.78, 5) is 17.7. The Balaban J connectivity index is 1.99. The fourth-order valence-corrected chi connectivity index (χ4v) is 2.04.